The number of H-pyrrole nitrogens is 1. The predicted molar refractivity (Wildman–Crippen MR) is 252 cm³/mol. The van der Waals surface area contributed by atoms with E-state index in [-0.39, 0.29) is 0 Å². The van der Waals surface area contributed by atoms with Crippen LogP contribution < -0.4 is 4.90 Å². The van der Waals surface area contributed by atoms with E-state index in [9.17, 15) is 0 Å². The van der Waals surface area contributed by atoms with E-state index in [0.717, 1.165) is 83.3 Å². The van der Waals surface area contributed by atoms with Crippen LogP contribution >= 0.6 is 11.3 Å². The second-order valence-electron chi connectivity index (χ2n) is 15.3. The van der Waals surface area contributed by atoms with Crippen molar-refractivity contribution in [1.82, 2.24) is 9.55 Å². The number of nitrogens with zero attached hydrogens (tertiary/aromatic N) is 2. The van der Waals surface area contributed by atoms with E-state index in [0.29, 0.717) is 0 Å². The smallest absolute Gasteiger partial charge is 0.150 e. The summed E-state index contributed by atoms with van der Waals surface area (Å²) in [6.45, 7) is 0. The number of fused-ring (bicyclic) bond motifs is 4. The highest BCUT2D eigenvalue weighted by Gasteiger charge is 2.24. The van der Waals surface area contributed by atoms with Crippen LogP contribution in [0.3, 0.4) is 0 Å². The molecule has 0 fully saturated rings. The highest BCUT2D eigenvalue weighted by atomic mass is 32.1. The summed E-state index contributed by atoms with van der Waals surface area (Å²) in [4.78, 5) is 6.07. The summed E-state index contributed by atoms with van der Waals surface area (Å²) in [6.07, 6.45) is 0. The van der Waals surface area contributed by atoms with Gasteiger partial charge in [0.25, 0.3) is 0 Å². The molecule has 0 radical (unpaired) electrons. The standard InChI is InChI=1S/C54H33N3O2S/c1-4-14-33(15-5-1)38-20-12-23-43-50(38)39-30-36(26-27-42(39)57(43)35-18-8-3-9-19-35)56(34-16-6-2-7-17-34)37-31-46-52-47(32-37)59-45-28-29-49-54(53(45)52)51-41(22-13-25-48(51)60-49)55-40-21-10-11-24-44(40)58-46/h1-32,55H. The molecule has 0 aliphatic carbocycles. The first kappa shape index (κ1) is 33.2. The van der Waals surface area contributed by atoms with Crippen molar-refractivity contribution >= 4 is 115 Å². The van der Waals surface area contributed by atoms with Crippen molar-refractivity contribution in [3.8, 4) is 16.8 Å². The topological polar surface area (TPSA) is 50.2 Å². The summed E-state index contributed by atoms with van der Waals surface area (Å²) < 4.78 is 18.8. The van der Waals surface area contributed by atoms with Gasteiger partial charge in [-0.1, -0.05) is 97.1 Å². The fourth-order valence-corrected chi connectivity index (χ4v) is 10.6. The number of rotatable bonds is 5. The Morgan fingerprint density at radius 3 is 1.95 bits per heavy atom. The number of aromatic amines is 1. The zero-order valence-electron chi connectivity index (χ0n) is 32.1. The largest absolute Gasteiger partial charge is 0.456 e. The highest BCUT2D eigenvalue weighted by molar-refractivity contribution is 7.26. The Morgan fingerprint density at radius 1 is 0.417 bits per heavy atom. The van der Waals surface area contributed by atoms with Gasteiger partial charge in [-0.25, -0.2) is 0 Å². The Kier molecular flexibility index (Phi) is 7.11. The average Bonchev–Trinajstić information content (AvgIpc) is 3.98. The molecule has 0 unspecified atom stereocenters. The molecule has 0 aliphatic heterocycles. The van der Waals surface area contributed by atoms with Gasteiger partial charge < -0.3 is 23.3 Å². The summed E-state index contributed by atoms with van der Waals surface area (Å²) in [5, 5.41) is 6.78. The second-order valence-corrected chi connectivity index (χ2v) is 16.4. The zero-order chi connectivity index (χ0) is 39.3. The van der Waals surface area contributed by atoms with Gasteiger partial charge >= 0.3 is 0 Å². The molecule has 4 heterocycles. The Bertz CT molecular complexity index is 3830. The molecule has 13 aromatic rings. The quantitative estimate of drug-likeness (QED) is 0.189. The molecule has 1 N–H and O–H groups in total. The minimum atomic E-state index is 0.732. The van der Waals surface area contributed by atoms with E-state index in [1.54, 1.807) is 0 Å². The van der Waals surface area contributed by atoms with Crippen molar-refractivity contribution in [3.05, 3.63) is 194 Å². The first-order valence-corrected chi connectivity index (χ1v) is 21.0. The molecule has 6 heteroatoms. The Balaban J connectivity index is 1.14. The number of furan rings is 1. The number of benzene rings is 9. The third-order valence-corrected chi connectivity index (χ3v) is 13.0. The number of aromatic nitrogens is 2. The number of anilines is 3. The molecule has 0 saturated carbocycles. The van der Waals surface area contributed by atoms with Crippen LogP contribution in [0.25, 0.3) is 103 Å². The van der Waals surface area contributed by atoms with Crippen molar-refractivity contribution in [3.63, 3.8) is 0 Å². The lowest BCUT2D eigenvalue weighted by molar-refractivity contribution is 0.656. The minimum Gasteiger partial charge on any atom is -0.456 e. The Hall–Kier alpha value is -7.80. The third-order valence-electron chi connectivity index (χ3n) is 11.9. The third kappa shape index (κ3) is 4.92. The van der Waals surface area contributed by atoms with Crippen molar-refractivity contribution in [2.24, 2.45) is 0 Å². The van der Waals surface area contributed by atoms with Crippen LogP contribution in [0.5, 0.6) is 0 Å². The molecular formula is C54H33N3O2S. The van der Waals surface area contributed by atoms with Crippen LogP contribution in [0.15, 0.2) is 203 Å². The molecule has 9 aromatic carbocycles. The normalized spacial score (nSPS) is 12.0. The zero-order valence-corrected chi connectivity index (χ0v) is 32.9. The molecule has 60 heavy (non-hydrogen) atoms. The summed E-state index contributed by atoms with van der Waals surface area (Å²) >= 11 is 1.81. The molecule has 13 rings (SSSR count). The number of hydrogen-bond donors (Lipinski definition) is 1. The lowest BCUT2D eigenvalue weighted by Gasteiger charge is -2.25. The average molecular weight is 788 g/mol. The summed E-state index contributed by atoms with van der Waals surface area (Å²) in [5.74, 6) is 0. The van der Waals surface area contributed by atoms with Crippen LogP contribution in [0, 0.1) is 0 Å². The second kappa shape index (κ2) is 12.9. The molecule has 282 valence electrons. The molecular weight excluding hydrogens is 755 g/mol. The van der Waals surface area contributed by atoms with E-state index in [2.05, 4.69) is 190 Å². The maximum absolute atomic E-state index is 7.09. The summed E-state index contributed by atoms with van der Waals surface area (Å²) in [7, 11) is 0. The summed E-state index contributed by atoms with van der Waals surface area (Å²) in [6, 6.07) is 68.8. The lowest BCUT2D eigenvalue weighted by Crippen LogP contribution is -2.09. The van der Waals surface area contributed by atoms with E-state index in [4.69, 9.17) is 8.83 Å². The maximum atomic E-state index is 7.09. The monoisotopic (exact) mass is 787 g/mol. The van der Waals surface area contributed by atoms with Crippen LogP contribution in [0.4, 0.5) is 17.1 Å². The van der Waals surface area contributed by atoms with Gasteiger partial charge in [-0.2, -0.15) is 0 Å². The minimum absolute atomic E-state index is 0.732. The molecule has 0 spiro atoms. The van der Waals surface area contributed by atoms with Gasteiger partial charge in [-0.05, 0) is 96.1 Å². The fraction of sp³-hybridized carbons (Fsp3) is 0. The van der Waals surface area contributed by atoms with Crippen molar-refractivity contribution in [2.45, 2.75) is 0 Å². The molecule has 0 atom stereocenters. The maximum Gasteiger partial charge on any atom is 0.150 e. The van der Waals surface area contributed by atoms with Crippen molar-refractivity contribution in [1.29, 1.82) is 0 Å². The van der Waals surface area contributed by atoms with Gasteiger partial charge in [0.05, 0.1) is 27.6 Å². The van der Waals surface area contributed by atoms with Crippen LogP contribution in [-0.2, 0) is 0 Å². The van der Waals surface area contributed by atoms with Crippen LogP contribution in [0.1, 0.15) is 0 Å². The Morgan fingerprint density at radius 2 is 1.12 bits per heavy atom. The lowest BCUT2D eigenvalue weighted by atomic mass is 9.99. The van der Waals surface area contributed by atoms with Gasteiger partial charge in [0.1, 0.15) is 16.7 Å². The fourth-order valence-electron chi connectivity index (χ4n) is 9.42. The molecule has 4 aromatic heterocycles. The number of hydrogen-bond acceptors (Lipinski definition) is 4. The van der Waals surface area contributed by atoms with E-state index in [1.165, 1.54) is 36.7 Å². The van der Waals surface area contributed by atoms with Gasteiger partial charge in [0.2, 0.25) is 0 Å². The number of para-hydroxylation sites is 4. The summed E-state index contributed by atoms with van der Waals surface area (Å²) in [5.41, 5.74) is 13.8. The van der Waals surface area contributed by atoms with Gasteiger partial charge in [0.15, 0.2) is 5.58 Å². The van der Waals surface area contributed by atoms with Crippen LogP contribution in [-0.4, -0.2) is 9.55 Å². The van der Waals surface area contributed by atoms with Gasteiger partial charge in [0, 0.05) is 71.0 Å². The molecule has 0 amide bonds. The Labute approximate surface area is 347 Å². The van der Waals surface area contributed by atoms with Crippen LogP contribution in [0.2, 0.25) is 0 Å². The van der Waals surface area contributed by atoms with E-state index >= 15 is 0 Å². The first-order chi connectivity index (χ1) is 29.7. The van der Waals surface area contributed by atoms with Gasteiger partial charge in [-0.3, -0.25) is 0 Å². The SMILES string of the molecule is c1ccc(-c2cccc3c2c2cc(N(c4ccccc4)c4cc5oc6ccccc6[nH]c6cccc7sc8ccc9oc(c4)c5c9c8c67)ccc2n3-c2ccccc2)cc1. The molecule has 0 aliphatic rings. The van der Waals surface area contributed by atoms with Gasteiger partial charge in [-0.15, -0.1) is 11.3 Å². The van der Waals surface area contributed by atoms with E-state index in [1.807, 2.05) is 29.5 Å². The number of thiophene rings is 1. The number of nitrogens with one attached hydrogen (secondary N) is 1. The highest BCUT2D eigenvalue weighted by Crippen LogP contribution is 2.48. The predicted octanol–water partition coefficient (Wildman–Crippen LogP) is 16.0. The van der Waals surface area contributed by atoms with E-state index < -0.39 is 0 Å². The van der Waals surface area contributed by atoms with Crippen molar-refractivity contribution < 1.29 is 8.83 Å². The molecule has 5 nitrogen and oxygen atoms in total. The molecule has 0 bridgehead atoms. The van der Waals surface area contributed by atoms with Crippen molar-refractivity contribution in [2.75, 3.05) is 4.90 Å². The molecule has 0 saturated heterocycles. The first-order valence-electron chi connectivity index (χ1n) is 20.2.